The molecule has 0 radical (unpaired) electrons. The fourth-order valence-electron chi connectivity index (χ4n) is 4.64. The van der Waals surface area contributed by atoms with E-state index < -0.39 is 17.2 Å². The highest BCUT2D eigenvalue weighted by molar-refractivity contribution is 6.07. The van der Waals surface area contributed by atoms with Crippen LogP contribution in [0.25, 0.3) is 11.0 Å². The van der Waals surface area contributed by atoms with E-state index >= 15 is 0 Å². The Morgan fingerprint density at radius 3 is 2.26 bits per heavy atom. The van der Waals surface area contributed by atoms with E-state index in [1.807, 2.05) is 86.6 Å². The first kappa shape index (κ1) is 21.6. The van der Waals surface area contributed by atoms with Crippen LogP contribution in [0.15, 0.2) is 88.1 Å². The fraction of sp³-hybridized carbons (Fsp3) is 0.179. The minimum absolute atomic E-state index is 0.0291. The lowest BCUT2D eigenvalue weighted by Crippen LogP contribution is -2.46. The topological polar surface area (TPSA) is 79.6 Å². The normalized spacial score (nSPS) is 17.9. The van der Waals surface area contributed by atoms with Gasteiger partial charge in [-0.3, -0.25) is 9.69 Å². The van der Waals surface area contributed by atoms with Crippen LogP contribution in [0.1, 0.15) is 27.8 Å². The predicted octanol–water partition coefficient (Wildman–Crippen LogP) is 4.60. The van der Waals surface area contributed by atoms with Crippen LogP contribution in [0.5, 0.6) is 0 Å². The van der Waals surface area contributed by atoms with Crippen molar-refractivity contribution in [2.24, 2.45) is 0 Å². The molecule has 1 saturated heterocycles. The first-order chi connectivity index (χ1) is 16.4. The molecule has 1 N–H and O–H groups in total. The standard InChI is InChI=1S/C28H24N2O4/c1-18-13-14-23-21(15-24(31)34-25(23)19(18)2)17-30-26(32)28(29-27(30)33,22-11-7-4-8-12-22)16-20-9-5-3-6-10-20/h3-15H,16-17H2,1-2H3,(H,29,33). The highest BCUT2D eigenvalue weighted by Gasteiger charge is 2.52. The molecule has 2 heterocycles. The predicted molar refractivity (Wildman–Crippen MR) is 129 cm³/mol. The molecular formula is C28H24N2O4. The lowest BCUT2D eigenvalue weighted by atomic mass is 9.83. The van der Waals surface area contributed by atoms with E-state index in [-0.39, 0.29) is 12.5 Å². The number of carbonyl (C=O) groups excluding carboxylic acids is 2. The summed E-state index contributed by atoms with van der Waals surface area (Å²) in [7, 11) is 0. The number of urea groups is 1. The summed E-state index contributed by atoms with van der Waals surface area (Å²) >= 11 is 0. The number of imide groups is 1. The summed E-state index contributed by atoms with van der Waals surface area (Å²) in [6.45, 7) is 3.80. The van der Waals surface area contributed by atoms with Crippen molar-refractivity contribution in [1.82, 2.24) is 10.2 Å². The lowest BCUT2D eigenvalue weighted by molar-refractivity contribution is -0.132. The summed E-state index contributed by atoms with van der Waals surface area (Å²) in [5.74, 6) is -0.349. The molecule has 0 bridgehead atoms. The van der Waals surface area contributed by atoms with Crippen molar-refractivity contribution in [3.63, 3.8) is 0 Å². The molecule has 0 saturated carbocycles. The van der Waals surface area contributed by atoms with Crippen molar-refractivity contribution in [2.75, 3.05) is 0 Å². The zero-order valence-corrected chi connectivity index (χ0v) is 19.0. The number of carbonyl (C=O) groups is 2. The van der Waals surface area contributed by atoms with Crippen molar-refractivity contribution < 1.29 is 14.0 Å². The summed E-state index contributed by atoms with van der Waals surface area (Å²) in [6, 6.07) is 23.6. The van der Waals surface area contributed by atoms with Gasteiger partial charge in [0.2, 0.25) is 0 Å². The van der Waals surface area contributed by atoms with E-state index in [0.29, 0.717) is 28.5 Å². The molecule has 1 aromatic heterocycles. The molecule has 0 spiro atoms. The molecule has 6 nitrogen and oxygen atoms in total. The van der Waals surface area contributed by atoms with Crippen LogP contribution < -0.4 is 10.9 Å². The fourth-order valence-corrected chi connectivity index (χ4v) is 4.64. The van der Waals surface area contributed by atoms with Gasteiger partial charge in [-0.2, -0.15) is 0 Å². The maximum Gasteiger partial charge on any atom is 0.336 e. The van der Waals surface area contributed by atoms with Crippen LogP contribution in [-0.2, 0) is 23.3 Å². The number of rotatable bonds is 5. The quantitative estimate of drug-likeness (QED) is 0.355. The first-order valence-electron chi connectivity index (χ1n) is 11.2. The Morgan fingerprint density at radius 2 is 1.56 bits per heavy atom. The van der Waals surface area contributed by atoms with Gasteiger partial charge in [0.25, 0.3) is 5.91 Å². The Kier molecular flexibility index (Phi) is 5.28. The van der Waals surface area contributed by atoms with Crippen LogP contribution >= 0.6 is 0 Å². The van der Waals surface area contributed by atoms with Gasteiger partial charge >= 0.3 is 11.7 Å². The van der Waals surface area contributed by atoms with E-state index in [4.69, 9.17) is 4.42 Å². The summed E-state index contributed by atoms with van der Waals surface area (Å²) in [5.41, 5.74) is 2.80. The molecule has 0 aliphatic carbocycles. The smallest absolute Gasteiger partial charge is 0.336 e. The van der Waals surface area contributed by atoms with Gasteiger partial charge in [0.1, 0.15) is 5.58 Å². The minimum Gasteiger partial charge on any atom is -0.422 e. The monoisotopic (exact) mass is 452 g/mol. The van der Waals surface area contributed by atoms with Crippen molar-refractivity contribution in [1.29, 1.82) is 0 Å². The van der Waals surface area contributed by atoms with Crippen LogP contribution in [0.2, 0.25) is 0 Å². The number of nitrogens with zero attached hydrogens (tertiary/aromatic N) is 1. The first-order valence-corrected chi connectivity index (χ1v) is 11.2. The van der Waals surface area contributed by atoms with Crippen LogP contribution in [0.3, 0.4) is 0 Å². The van der Waals surface area contributed by atoms with Gasteiger partial charge in [-0.15, -0.1) is 0 Å². The summed E-state index contributed by atoms with van der Waals surface area (Å²) in [6.07, 6.45) is 0.314. The van der Waals surface area contributed by atoms with E-state index in [9.17, 15) is 14.4 Å². The molecule has 170 valence electrons. The number of amides is 3. The average molecular weight is 453 g/mol. The van der Waals surface area contributed by atoms with E-state index in [1.54, 1.807) is 0 Å². The van der Waals surface area contributed by atoms with Gasteiger partial charge in [-0.05, 0) is 41.7 Å². The average Bonchev–Trinajstić information content (AvgIpc) is 3.08. The Hall–Kier alpha value is -4.19. The summed E-state index contributed by atoms with van der Waals surface area (Å²) in [4.78, 5) is 40.7. The second-order valence-electron chi connectivity index (χ2n) is 8.73. The Balaban J connectivity index is 1.58. The molecule has 3 aromatic carbocycles. The molecule has 4 aromatic rings. The van der Waals surface area contributed by atoms with Gasteiger partial charge in [-0.1, -0.05) is 72.8 Å². The van der Waals surface area contributed by atoms with E-state index in [1.165, 1.54) is 11.0 Å². The van der Waals surface area contributed by atoms with Gasteiger partial charge in [0, 0.05) is 17.9 Å². The number of benzene rings is 3. The van der Waals surface area contributed by atoms with Gasteiger partial charge in [0.15, 0.2) is 5.54 Å². The molecule has 1 unspecified atom stereocenters. The van der Waals surface area contributed by atoms with E-state index in [0.717, 1.165) is 16.7 Å². The second kappa shape index (κ2) is 8.30. The Bertz CT molecular complexity index is 1460. The number of hydrogen-bond donors (Lipinski definition) is 1. The summed E-state index contributed by atoms with van der Waals surface area (Å²) < 4.78 is 5.46. The molecule has 5 rings (SSSR count). The highest BCUT2D eigenvalue weighted by atomic mass is 16.4. The number of aryl methyl sites for hydroxylation is 2. The zero-order chi connectivity index (χ0) is 23.9. The van der Waals surface area contributed by atoms with Crippen molar-refractivity contribution in [3.05, 3.63) is 117 Å². The van der Waals surface area contributed by atoms with Crippen molar-refractivity contribution >= 4 is 22.9 Å². The zero-order valence-electron chi connectivity index (χ0n) is 19.0. The largest absolute Gasteiger partial charge is 0.422 e. The maximum atomic E-state index is 13.9. The third kappa shape index (κ3) is 3.57. The molecule has 1 aliphatic rings. The molecule has 6 heteroatoms. The molecule has 3 amide bonds. The van der Waals surface area contributed by atoms with Crippen molar-refractivity contribution in [3.8, 4) is 0 Å². The SMILES string of the molecule is Cc1ccc2c(CN3C(=O)NC(Cc4ccccc4)(c4ccccc4)C3=O)cc(=O)oc2c1C. The third-order valence-electron chi connectivity index (χ3n) is 6.60. The number of hydrogen-bond acceptors (Lipinski definition) is 4. The number of nitrogens with one attached hydrogen (secondary N) is 1. The van der Waals surface area contributed by atoms with Crippen LogP contribution in [-0.4, -0.2) is 16.8 Å². The summed E-state index contributed by atoms with van der Waals surface area (Å²) in [5, 5.41) is 3.68. The third-order valence-corrected chi connectivity index (χ3v) is 6.60. The van der Waals surface area contributed by atoms with Gasteiger partial charge < -0.3 is 9.73 Å². The maximum absolute atomic E-state index is 13.9. The van der Waals surface area contributed by atoms with Crippen molar-refractivity contribution in [2.45, 2.75) is 32.4 Å². The highest BCUT2D eigenvalue weighted by Crippen LogP contribution is 2.34. The minimum atomic E-state index is -1.23. The van der Waals surface area contributed by atoms with Gasteiger partial charge in [0.05, 0.1) is 6.54 Å². The van der Waals surface area contributed by atoms with E-state index in [2.05, 4.69) is 5.32 Å². The molecule has 1 fully saturated rings. The Morgan fingerprint density at radius 1 is 0.882 bits per heavy atom. The number of fused-ring (bicyclic) bond motifs is 1. The molecule has 1 aliphatic heterocycles. The lowest BCUT2D eigenvalue weighted by Gasteiger charge is -2.27. The molecule has 34 heavy (non-hydrogen) atoms. The molecule has 1 atom stereocenters. The van der Waals surface area contributed by atoms with Gasteiger partial charge in [-0.25, -0.2) is 9.59 Å². The Labute approximate surface area is 196 Å². The molecular weight excluding hydrogens is 428 g/mol. The second-order valence-corrected chi connectivity index (χ2v) is 8.73. The van der Waals surface area contributed by atoms with Crippen LogP contribution in [0.4, 0.5) is 4.79 Å². The van der Waals surface area contributed by atoms with Crippen LogP contribution in [0, 0.1) is 13.8 Å².